The maximum absolute atomic E-state index is 15.7. The number of alkyl halides is 2. The Morgan fingerprint density at radius 1 is 1.00 bits per heavy atom. The zero-order chi connectivity index (χ0) is 38.8. The highest BCUT2D eigenvalue weighted by Crippen LogP contribution is 2.52. The summed E-state index contributed by atoms with van der Waals surface area (Å²) in [5, 5.41) is 5.61. The number of rotatable bonds is 9. The van der Waals surface area contributed by atoms with E-state index in [0.29, 0.717) is 45.8 Å². The number of anilines is 3. The van der Waals surface area contributed by atoms with Gasteiger partial charge in [0.15, 0.2) is 5.82 Å². The van der Waals surface area contributed by atoms with Crippen molar-refractivity contribution >= 4 is 40.0 Å². The first-order valence-corrected chi connectivity index (χ1v) is 19.4. The summed E-state index contributed by atoms with van der Waals surface area (Å²) in [7, 11) is 0. The zero-order valence-electron chi connectivity index (χ0n) is 32.0. The second-order valence-electron chi connectivity index (χ2n) is 17.4. The second-order valence-corrected chi connectivity index (χ2v) is 17.4. The van der Waals surface area contributed by atoms with Crippen molar-refractivity contribution in [1.82, 2.24) is 29.7 Å². The highest BCUT2D eigenvalue weighted by atomic mass is 19.3. The average Bonchev–Trinajstić information content (AvgIpc) is 3.63. The van der Waals surface area contributed by atoms with Gasteiger partial charge < -0.3 is 24.8 Å². The number of hydrogen-bond donors (Lipinski definition) is 2. The van der Waals surface area contributed by atoms with Crippen LogP contribution in [0.4, 0.5) is 30.4 Å². The third kappa shape index (κ3) is 5.64. The number of aryl methyl sites for hydroxylation is 1. The van der Waals surface area contributed by atoms with Gasteiger partial charge in [0.2, 0.25) is 5.91 Å². The molecule has 2 bridgehead atoms. The van der Waals surface area contributed by atoms with E-state index in [1.165, 1.54) is 12.1 Å². The molecule has 3 aliphatic heterocycles. The van der Waals surface area contributed by atoms with Gasteiger partial charge in [0, 0.05) is 47.0 Å². The van der Waals surface area contributed by atoms with Crippen molar-refractivity contribution in [1.29, 1.82) is 0 Å². The van der Waals surface area contributed by atoms with Crippen molar-refractivity contribution in [2.24, 2.45) is 0 Å². The van der Waals surface area contributed by atoms with Gasteiger partial charge in [-0.3, -0.25) is 19.5 Å². The molecule has 5 aliphatic rings. The van der Waals surface area contributed by atoms with E-state index >= 15 is 4.39 Å². The van der Waals surface area contributed by atoms with Crippen molar-refractivity contribution in [2.75, 3.05) is 23.4 Å². The highest BCUT2D eigenvalue weighted by Gasteiger charge is 2.58. The number of aromatic nitrogens is 4. The number of halogens is 3. The Bertz CT molecular complexity index is 2230. The number of pyridine rings is 2. The number of nitrogens with one attached hydrogen (secondary N) is 2. The number of carbonyl (C=O) groups is 2. The summed E-state index contributed by atoms with van der Waals surface area (Å²) in [6.07, 6.45) is 5.12. The smallest absolute Gasteiger partial charge is 0.261 e. The number of imidazole rings is 1. The van der Waals surface area contributed by atoms with E-state index in [2.05, 4.69) is 27.4 Å². The van der Waals surface area contributed by atoms with Crippen LogP contribution in [0.15, 0.2) is 36.8 Å². The summed E-state index contributed by atoms with van der Waals surface area (Å²) < 4.78 is 50.8. The molecule has 2 saturated carbocycles. The Balaban J connectivity index is 1.07. The number of benzene rings is 1. The van der Waals surface area contributed by atoms with Gasteiger partial charge in [-0.25, -0.2) is 23.1 Å². The van der Waals surface area contributed by atoms with Crippen molar-refractivity contribution in [3.8, 4) is 11.3 Å². The van der Waals surface area contributed by atoms with Gasteiger partial charge in [-0.15, -0.1) is 0 Å². The van der Waals surface area contributed by atoms with E-state index < -0.39 is 29.1 Å². The maximum Gasteiger partial charge on any atom is 0.261 e. The van der Waals surface area contributed by atoms with Crippen LogP contribution in [0.1, 0.15) is 101 Å². The molecule has 4 aromatic rings. The molecule has 2 amide bonds. The van der Waals surface area contributed by atoms with Crippen LogP contribution in [0.2, 0.25) is 0 Å². The molecule has 14 heteroatoms. The number of amides is 2. The molecule has 2 N–H and O–H groups in total. The number of fused-ring (bicyclic) bond motifs is 4. The lowest BCUT2D eigenvalue weighted by Gasteiger charge is -2.58. The summed E-state index contributed by atoms with van der Waals surface area (Å²) >= 11 is 0. The fourth-order valence-electron chi connectivity index (χ4n) is 9.64. The van der Waals surface area contributed by atoms with E-state index in [1.54, 1.807) is 19.4 Å². The van der Waals surface area contributed by atoms with Crippen molar-refractivity contribution in [3.63, 3.8) is 0 Å². The van der Waals surface area contributed by atoms with Crippen molar-refractivity contribution in [2.45, 2.75) is 127 Å². The van der Waals surface area contributed by atoms with Gasteiger partial charge >= 0.3 is 0 Å². The number of ether oxygens (including phenoxy) is 1. The Kier molecular flexibility index (Phi) is 8.19. The van der Waals surface area contributed by atoms with Crippen LogP contribution in [0.3, 0.4) is 0 Å². The van der Waals surface area contributed by atoms with Crippen LogP contribution in [-0.4, -0.2) is 85.1 Å². The molecular formula is C41H47F3N8O3. The summed E-state index contributed by atoms with van der Waals surface area (Å²) in [6, 6.07) is 7.25. The molecule has 290 valence electrons. The van der Waals surface area contributed by atoms with Gasteiger partial charge in [0.25, 0.3) is 12.3 Å². The molecule has 0 spiro atoms. The average molecular weight is 757 g/mol. The summed E-state index contributed by atoms with van der Waals surface area (Å²) in [6.45, 7) is 13.3. The molecule has 2 atom stereocenters. The molecule has 2 unspecified atom stereocenters. The molecule has 6 heterocycles. The summed E-state index contributed by atoms with van der Waals surface area (Å²) in [4.78, 5) is 46.6. The minimum absolute atomic E-state index is 0.00503. The lowest BCUT2D eigenvalue weighted by atomic mass is 9.71. The molecular weight excluding hydrogens is 709 g/mol. The summed E-state index contributed by atoms with van der Waals surface area (Å²) in [5.74, 6) is -0.995. The van der Waals surface area contributed by atoms with E-state index in [4.69, 9.17) is 14.7 Å². The molecule has 55 heavy (non-hydrogen) atoms. The normalized spacial score (nSPS) is 26.5. The third-order valence-electron chi connectivity index (χ3n) is 12.8. The largest absolute Gasteiger partial charge is 0.378 e. The Labute approximate surface area is 318 Å². The predicted octanol–water partition coefficient (Wildman–Crippen LogP) is 7.20. The van der Waals surface area contributed by atoms with Crippen molar-refractivity contribution < 1.29 is 27.5 Å². The van der Waals surface area contributed by atoms with E-state index in [0.717, 1.165) is 50.3 Å². The minimum atomic E-state index is -2.70. The fourth-order valence-corrected chi connectivity index (χ4v) is 9.64. The lowest BCUT2D eigenvalue weighted by Crippen LogP contribution is -2.67. The quantitative estimate of drug-likeness (QED) is 0.184. The molecule has 0 radical (unpaired) electrons. The third-order valence-corrected chi connectivity index (χ3v) is 12.8. The molecule has 11 nitrogen and oxygen atoms in total. The highest BCUT2D eigenvalue weighted by molar-refractivity contribution is 6.08. The number of hydrogen-bond acceptors (Lipinski definition) is 8. The predicted molar refractivity (Wildman–Crippen MR) is 202 cm³/mol. The number of nitrogens with zero attached hydrogens (tertiary/aromatic N) is 6. The van der Waals surface area contributed by atoms with E-state index in [9.17, 15) is 18.4 Å². The summed E-state index contributed by atoms with van der Waals surface area (Å²) in [5.41, 5.74) is 1.90. The molecule has 2 saturated heterocycles. The van der Waals surface area contributed by atoms with Crippen LogP contribution < -0.4 is 15.5 Å². The van der Waals surface area contributed by atoms with E-state index in [-0.39, 0.29) is 47.6 Å². The Morgan fingerprint density at radius 2 is 1.71 bits per heavy atom. The SMILES string of the molecule is Cc1cc(F)c(Nc2nc(-c3cnc4c(c3)N(C3CC(C)(N5C6CCC5COC6)C3)C(=O)C4(C)C)cc3ncn(C(C)C)c23)cc1C(=O)NC1(C(F)F)CC1. The Morgan fingerprint density at radius 3 is 2.36 bits per heavy atom. The van der Waals surface area contributed by atoms with Crippen LogP contribution in [-0.2, 0) is 14.9 Å². The first-order chi connectivity index (χ1) is 26.1. The second kappa shape index (κ2) is 12.5. The minimum Gasteiger partial charge on any atom is -0.378 e. The van der Waals surface area contributed by atoms with Gasteiger partial charge in [-0.1, -0.05) is 0 Å². The standard InChI is InChI=1S/C41H47F3N8O3/c1-21(2)50-20-46-31-14-29(47-35(33(31)50)48-30-13-27(22(3)11-28(30)42)36(53)49-41(9-10-41)37(43)44)23-12-32-34(45-17-23)39(4,5)38(54)51(32)26-15-40(6,16-26)52-24-7-8-25(52)19-55-18-24/h11-14,17,20-21,24-26,37H,7-10,15-16,18-19H2,1-6H3,(H,47,48)(H,49,53). The van der Waals surface area contributed by atoms with Gasteiger partial charge in [-0.2, -0.15) is 0 Å². The van der Waals surface area contributed by atoms with Gasteiger partial charge in [0.05, 0.1) is 53.2 Å². The number of morpholine rings is 1. The van der Waals surface area contributed by atoms with E-state index in [1.807, 2.05) is 49.3 Å². The van der Waals surface area contributed by atoms with Crippen LogP contribution >= 0.6 is 0 Å². The molecule has 3 aromatic heterocycles. The van der Waals surface area contributed by atoms with Crippen LogP contribution in [0.5, 0.6) is 0 Å². The fraction of sp³-hybridized carbons (Fsp3) is 0.537. The topological polar surface area (TPSA) is 118 Å². The molecule has 2 aliphatic carbocycles. The first kappa shape index (κ1) is 36.1. The van der Waals surface area contributed by atoms with Crippen molar-refractivity contribution in [3.05, 3.63) is 59.4 Å². The van der Waals surface area contributed by atoms with Crippen LogP contribution in [0.25, 0.3) is 22.3 Å². The monoisotopic (exact) mass is 756 g/mol. The van der Waals surface area contributed by atoms with Gasteiger partial charge in [0.1, 0.15) is 16.9 Å². The van der Waals surface area contributed by atoms with Crippen LogP contribution in [0, 0.1) is 12.7 Å². The van der Waals surface area contributed by atoms with Gasteiger partial charge in [-0.05, 0) is 110 Å². The molecule has 9 rings (SSSR count). The first-order valence-electron chi connectivity index (χ1n) is 19.4. The number of carbonyl (C=O) groups excluding carboxylic acids is 2. The lowest BCUT2D eigenvalue weighted by molar-refractivity contribution is -0.126. The molecule has 1 aromatic carbocycles. The zero-order valence-corrected chi connectivity index (χ0v) is 32.0. The Hall–Kier alpha value is -4.56. The maximum atomic E-state index is 15.7. The molecule has 4 fully saturated rings.